The third-order valence-corrected chi connectivity index (χ3v) is 2.44. The SMILES string of the molecule is O[C@H](CC1CC1)c1ccccc1. The zero-order valence-electron chi connectivity index (χ0n) is 7.11. The minimum Gasteiger partial charge on any atom is -0.388 e. The van der Waals surface area contributed by atoms with Crippen molar-refractivity contribution < 1.29 is 5.11 Å². The van der Waals surface area contributed by atoms with Crippen molar-refractivity contribution in [1.82, 2.24) is 0 Å². The van der Waals surface area contributed by atoms with E-state index in [2.05, 4.69) is 0 Å². The predicted molar refractivity (Wildman–Crippen MR) is 48.7 cm³/mol. The minimum absolute atomic E-state index is 0.237. The Labute approximate surface area is 73.0 Å². The Kier molecular flexibility index (Phi) is 2.13. The smallest absolute Gasteiger partial charge is 0.0792 e. The molecule has 0 amide bonds. The molecule has 0 aliphatic heterocycles. The van der Waals surface area contributed by atoms with E-state index in [0.29, 0.717) is 0 Å². The Morgan fingerprint density at radius 2 is 1.92 bits per heavy atom. The average molecular weight is 162 g/mol. The molecule has 1 aromatic rings. The number of aliphatic hydroxyl groups excluding tert-OH is 1. The summed E-state index contributed by atoms with van der Waals surface area (Å²) >= 11 is 0. The first-order chi connectivity index (χ1) is 5.86. The Morgan fingerprint density at radius 3 is 2.50 bits per heavy atom. The zero-order chi connectivity index (χ0) is 8.39. The van der Waals surface area contributed by atoms with E-state index in [1.54, 1.807) is 0 Å². The van der Waals surface area contributed by atoms with Gasteiger partial charge in [-0.3, -0.25) is 0 Å². The molecule has 0 saturated heterocycles. The molecule has 0 spiro atoms. The maximum Gasteiger partial charge on any atom is 0.0792 e. The van der Waals surface area contributed by atoms with Gasteiger partial charge in [-0.25, -0.2) is 0 Å². The molecule has 0 radical (unpaired) electrons. The van der Waals surface area contributed by atoms with Gasteiger partial charge in [-0.1, -0.05) is 43.2 Å². The van der Waals surface area contributed by atoms with Gasteiger partial charge >= 0.3 is 0 Å². The highest BCUT2D eigenvalue weighted by Gasteiger charge is 2.24. The first-order valence-corrected chi connectivity index (χ1v) is 4.59. The van der Waals surface area contributed by atoms with E-state index in [9.17, 15) is 5.11 Å². The molecular formula is C11H14O. The largest absolute Gasteiger partial charge is 0.388 e. The van der Waals surface area contributed by atoms with Crippen LogP contribution in [0.2, 0.25) is 0 Å². The molecule has 12 heavy (non-hydrogen) atoms. The molecular weight excluding hydrogens is 148 g/mol. The average Bonchev–Trinajstić information content (AvgIpc) is 2.90. The summed E-state index contributed by atoms with van der Waals surface area (Å²) in [5.41, 5.74) is 1.06. The van der Waals surface area contributed by atoms with E-state index >= 15 is 0 Å². The maximum atomic E-state index is 9.73. The quantitative estimate of drug-likeness (QED) is 0.724. The van der Waals surface area contributed by atoms with Crippen LogP contribution in [0.15, 0.2) is 30.3 Å². The van der Waals surface area contributed by atoms with Crippen LogP contribution in [0.25, 0.3) is 0 Å². The summed E-state index contributed by atoms with van der Waals surface area (Å²) in [4.78, 5) is 0. The van der Waals surface area contributed by atoms with Gasteiger partial charge in [-0.15, -0.1) is 0 Å². The Balaban J connectivity index is 1.98. The molecule has 0 unspecified atom stereocenters. The van der Waals surface area contributed by atoms with E-state index in [0.717, 1.165) is 17.9 Å². The summed E-state index contributed by atoms with van der Waals surface area (Å²) in [7, 11) is 0. The third kappa shape index (κ3) is 1.86. The first kappa shape index (κ1) is 7.81. The van der Waals surface area contributed by atoms with Crippen LogP contribution in [-0.4, -0.2) is 5.11 Å². The van der Waals surface area contributed by atoms with Gasteiger partial charge in [0.05, 0.1) is 6.10 Å². The summed E-state index contributed by atoms with van der Waals surface area (Å²) in [5, 5.41) is 9.73. The van der Waals surface area contributed by atoms with Gasteiger partial charge in [0, 0.05) is 0 Å². The summed E-state index contributed by atoms with van der Waals surface area (Å²) in [5.74, 6) is 0.792. The third-order valence-electron chi connectivity index (χ3n) is 2.44. The van der Waals surface area contributed by atoms with Crippen molar-refractivity contribution in [3.63, 3.8) is 0 Å². The van der Waals surface area contributed by atoms with Crippen molar-refractivity contribution in [2.45, 2.75) is 25.4 Å². The van der Waals surface area contributed by atoms with Crippen LogP contribution >= 0.6 is 0 Å². The highest BCUT2D eigenvalue weighted by molar-refractivity contribution is 5.17. The molecule has 1 aromatic carbocycles. The topological polar surface area (TPSA) is 20.2 Å². The van der Waals surface area contributed by atoms with Gasteiger partial charge in [0.1, 0.15) is 0 Å². The number of benzene rings is 1. The van der Waals surface area contributed by atoms with E-state index in [4.69, 9.17) is 0 Å². The number of hydrogen-bond donors (Lipinski definition) is 1. The van der Waals surface area contributed by atoms with E-state index < -0.39 is 0 Å². The lowest BCUT2D eigenvalue weighted by molar-refractivity contribution is 0.160. The molecule has 1 heteroatoms. The number of aliphatic hydroxyl groups is 1. The molecule has 64 valence electrons. The van der Waals surface area contributed by atoms with Crippen molar-refractivity contribution in [1.29, 1.82) is 0 Å². The monoisotopic (exact) mass is 162 g/mol. The molecule has 1 aliphatic rings. The predicted octanol–water partition coefficient (Wildman–Crippen LogP) is 2.52. The Morgan fingerprint density at radius 1 is 1.25 bits per heavy atom. The molecule has 0 heterocycles. The van der Waals surface area contributed by atoms with Crippen molar-refractivity contribution in [3.8, 4) is 0 Å². The molecule has 1 saturated carbocycles. The highest BCUT2D eigenvalue weighted by Crippen LogP contribution is 2.37. The standard InChI is InChI=1S/C11H14O/c12-11(8-9-6-7-9)10-4-2-1-3-5-10/h1-5,9,11-12H,6-8H2/t11-/m1/s1. The summed E-state index contributed by atoms with van der Waals surface area (Å²) < 4.78 is 0. The molecule has 1 atom stereocenters. The summed E-state index contributed by atoms with van der Waals surface area (Å²) in [6, 6.07) is 9.92. The van der Waals surface area contributed by atoms with Crippen LogP contribution in [0.4, 0.5) is 0 Å². The van der Waals surface area contributed by atoms with Gasteiger partial charge in [0.2, 0.25) is 0 Å². The van der Waals surface area contributed by atoms with E-state index in [1.165, 1.54) is 12.8 Å². The van der Waals surface area contributed by atoms with Gasteiger partial charge in [0.15, 0.2) is 0 Å². The maximum absolute atomic E-state index is 9.73. The van der Waals surface area contributed by atoms with Gasteiger partial charge in [-0.2, -0.15) is 0 Å². The lowest BCUT2D eigenvalue weighted by atomic mass is 10.0. The Hall–Kier alpha value is -0.820. The van der Waals surface area contributed by atoms with Crippen LogP contribution in [0.5, 0.6) is 0 Å². The molecule has 1 nitrogen and oxygen atoms in total. The van der Waals surface area contributed by atoms with Crippen molar-refractivity contribution in [3.05, 3.63) is 35.9 Å². The Bertz CT molecular complexity index is 238. The summed E-state index contributed by atoms with van der Waals surface area (Å²) in [6.07, 6.45) is 3.33. The molecule has 0 aromatic heterocycles. The molecule has 1 aliphatic carbocycles. The number of hydrogen-bond acceptors (Lipinski definition) is 1. The fraction of sp³-hybridized carbons (Fsp3) is 0.455. The van der Waals surface area contributed by atoms with Crippen LogP contribution in [0, 0.1) is 5.92 Å². The second kappa shape index (κ2) is 3.28. The molecule has 2 rings (SSSR count). The minimum atomic E-state index is -0.237. The second-order valence-electron chi connectivity index (χ2n) is 3.61. The van der Waals surface area contributed by atoms with E-state index in [-0.39, 0.29) is 6.10 Å². The molecule has 0 bridgehead atoms. The zero-order valence-corrected chi connectivity index (χ0v) is 7.11. The highest BCUT2D eigenvalue weighted by atomic mass is 16.3. The fourth-order valence-electron chi connectivity index (χ4n) is 1.48. The van der Waals surface area contributed by atoms with Gasteiger partial charge in [-0.05, 0) is 17.9 Å². The van der Waals surface area contributed by atoms with Crippen LogP contribution in [-0.2, 0) is 0 Å². The van der Waals surface area contributed by atoms with Crippen LogP contribution in [0.3, 0.4) is 0 Å². The fourth-order valence-corrected chi connectivity index (χ4v) is 1.48. The first-order valence-electron chi connectivity index (χ1n) is 4.59. The normalized spacial score (nSPS) is 19.1. The van der Waals surface area contributed by atoms with Crippen LogP contribution in [0.1, 0.15) is 30.9 Å². The second-order valence-corrected chi connectivity index (χ2v) is 3.61. The molecule has 1 fully saturated rings. The van der Waals surface area contributed by atoms with Crippen molar-refractivity contribution in [2.24, 2.45) is 5.92 Å². The van der Waals surface area contributed by atoms with Crippen molar-refractivity contribution in [2.75, 3.05) is 0 Å². The van der Waals surface area contributed by atoms with Crippen molar-refractivity contribution >= 4 is 0 Å². The number of rotatable bonds is 3. The summed E-state index contributed by atoms with van der Waals surface area (Å²) in [6.45, 7) is 0. The lowest BCUT2D eigenvalue weighted by Crippen LogP contribution is -1.97. The van der Waals surface area contributed by atoms with Gasteiger partial charge in [0.25, 0.3) is 0 Å². The molecule has 1 N–H and O–H groups in total. The van der Waals surface area contributed by atoms with Gasteiger partial charge < -0.3 is 5.11 Å². The lowest BCUT2D eigenvalue weighted by Gasteiger charge is -2.08. The van der Waals surface area contributed by atoms with Crippen LogP contribution < -0.4 is 0 Å². The van der Waals surface area contributed by atoms with E-state index in [1.807, 2.05) is 30.3 Å².